The quantitative estimate of drug-likeness (QED) is 0.661. The molecular weight excluding hydrogens is 294 g/mol. The molecule has 3 rings (SSSR count). The van der Waals surface area contributed by atoms with E-state index < -0.39 is 0 Å². The van der Waals surface area contributed by atoms with E-state index in [1.807, 2.05) is 78.9 Å². The van der Waals surface area contributed by atoms with Crippen LogP contribution in [0.5, 0.6) is 0 Å². The Morgan fingerprint density at radius 1 is 0.682 bits per heavy atom. The maximum Gasteiger partial charge on any atom is 0.193 e. The number of hydrogen-bond acceptors (Lipinski definition) is 2. The van der Waals surface area contributed by atoms with Crippen LogP contribution >= 0.6 is 11.6 Å². The minimum Gasteiger partial charge on any atom is -0.356 e. The molecule has 2 nitrogen and oxygen atoms in total. The average Bonchev–Trinajstić information content (AvgIpc) is 2.58. The lowest BCUT2D eigenvalue weighted by atomic mass is 10.0. The minimum absolute atomic E-state index is 0.0265. The molecular formula is C19H14ClNO. The molecule has 0 spiro atoms. The number of carbonyl (C=O) groups excluding carboxylic acids is 1. The first-order valence-electron chi connectivity index (χ1n) is 6.95. The Kier molecular flexibility index (Phi) is 4.22. The predicted octanol–water partition coefficient (Wildman–Crippen LogP) is 5.31. The molecule has 3 heteroatoms. The largest absolute Gasteiger partial charge is 0.356 e. The SMILES string of the molecule is O=C(c1ccccc1)c1ccc(Nc2ccc(Cl)cc2)cc1. The molecule has 1 N–H and O–H groups in total. The van der Waals surface area contributed by atoms with Crippen molar-refractivity contribution in [3.8, 4) is 0 Å². The Balaban J connectivity index is 1.75. The van der Waals surface area contributed by atoms with Gasteiger partial charge in [-0.2, -0.15) is 0 Å². The highest BCUT2D eigenvalue weighted by Gasteiger charge is 2.07. The third kappa shape index (κ3) is 3.35. The van der Waals surface area contributed by atoms with Crippen molar-refractivity contribution in [2.75, 3.05) is 5.32 Å². The minimum atomic E-state index is 0.0265. The molecule has 0 aliphatic carbocycles. The van der Waals surface area contributed by atoms with Crippen molar-refractivity contribution >= 4 is 28.8 Å². The van der Waals surface area contributed by atoms with Crippen LogP contribution in [0.25, 0.3) is 0 Å². The Morgan fingerprint density at radius 2 is 1.18 bits per heavy atom. The van der Waals surface area contributed by atoms with Crippen LogP contribution in [0.3, 0.4) is 0 Å². The lowest BCUT2D eigenvalue weighted by molar-refractivity contribution is 0.103. The smallest absolute Gasteiger partial charge is 0.193 e. The molecule has 0 bridgehead atoms. The van der Waals surface area contributed by atoms with Gasteiger partial charge in [-0.05, 0) is 48.5 Å². The first kappa shape index (κ1) is 14.4. The van der Waals surface area contributed by atoms with Crippen molar-refractivity contribution in [1.29, 1.82) is 0 Å². The summed E-state index contributed by atoms with van der Waals surface area (Å²) in [6.07, 6.45) is 0. The molecule has 0 fully saturated rings. The van der Waals surface area contributed by atoms with Gasteiger partial charge in [-0.25, -0.2) is 0 Å². The predicted molar refractivity (Wildman–Crippen MR) is 91.1 cm³/mol. The molecule has 0 atom stereocenters. The first-order chi connectivity index (χ1) is 10.7. The van der Waals surface area contributed by atoms with E-state index in [9.17, 15) is 4.79 Å². The van der Waals surface area contributed by atoms with Gasteiger partial charge in [0.1, 0.15) is 0 Å². The highest BCUT2D eigenvalue weighted by atomic mass is 35.5. The summed E-state index contributed by atoms with van der Waals surface area (Å²) in [7, 11) is 0. The molecule has 0 amide bonds. The fourth-order valence-electron chi connectivity index (χ4n) is 2.16. The topological polar surface area (TPSA) is 29.1 Å². The van der Waals surface area contributed by atoms with E-state index in [0.29, 0.717) is 16.1 Å². The van der Waals surface area contributed by atoms with Gasteiger partial charge in [0.2, 0.25) is 0 Å². The molecule has 0 unspecified atom stereocenters. The Morgan fingerprint density at radius 3 is 1.77 bits per heavy atom. The molecule has 0 heterocycles. The number of rotatable bonds is 4. The second kappa shape index (κ2) is 6.46. The zero-order chi connectivity index (χ0) is 15.4. The summed E-state index contributed by atoms with van der Waals surface area (Å²) in [5.74, 6) is 0.0265. The second-order valence-electron chi connectivity index (χ2n) is 4.90. The molecule has 3 aromatic carbocycles. The van der Waals surface area contributed by atoms with Gasteiger partial charge >= 0.3 is 0 Å². The fraction of sp³-hybridized carbons (Fsp3) is 0. The van der Waals surface area contributed by atoms with Crippen LogP contribution < -0.4 is 5.32 Å². The molecule has 0 aliphatic rings. The number of benzene rings is 3. The molecule has 22 heavy (non-hydrogen) atoms. The summed E-state index contributed by atoms with van der Waals surface area (Å²) < 4.78 is 0. The fourth-order valence-corrected chi connectivity index (χ4v) is 2.29. The van der Waals surface area contributed by atoms with Gasteiger partial charge in [-0.15, -0.1) is 0 Å². The molecule has 0 saturated carbocycles. The normalized spacial score (nSPS) is 10.2. The van der Waals surface area contributed by atoms with Gasteiger partial charge < -0.3 is 5.32 Å². The number of halogens is 1. The molecule has 108 valence electrons. The van der Waals surface area contributed by atoms with E-state index in [1.165, 1.54) is 0 Å². The lowest BCUT2D eigenvalue weighted by Gasteiger charge is -2.07. The summed E-state index contributed by atoms with van der Waals surface area (Å²) in [5.41, 5.74) is 3.24. The average molecular weight is 308 g/mol. The molecule has 0 aliphatic heterocycles. The monoisotopic (exact) mass is 307 g/mol. The van der Waals surface area contributed by atoms with Crippen molar-refractivity contribution in [3.05, 3.63) is 95.0 Å². The van der Waals surface area contributed by atoms with Gasteiger partial charge in [-0.3, -0.25) is 4.79 Å². The first-order valence-corrected chi connectivity index (χ1v) is 7.32. The number of ketones is 1. The van der Waals surface area contributed by atoms with Crippen molar-refractivity contribution < 1.29 is 4.79 Å². The van der Waals surface area contributed by atoms with Crippen LogP contribution in [0.15, 0.2) is 78.9 Å². The van der Waals surface area contributed by atoms with Crippen molar-refractivity contribution in [2.24, 2.45) is 0 Å². The van der Waals surface area contributed by atoms with E-state index >= 15 is 0 Å². The van der Waals surface area contributed by atoms with Crippen LogP contribution in [-0.4, -0.2) is 5.78 Å². The van der Waals surface area contributed by atoms with Crippen LogP contribution in [0, 0.1) is 0 Å². The van der Waals surface area contributed by atoms with Crippen molar-refractivity contribution in [1.82, 2.24) is 0 Å². The summed E-state index contributed by atoms with van der Waals surface area (Å²) in [6, 6.07) is 24.2. The summed E-state index contributed by atoms with van der Waals surface area (Å²) in [6.45, 7) is 0. The van der Waals surface area contributed by atoms with Gasteiger partial charge in [-0.1, -0.05) is 41.9 Å². The van der Waals surface area contributed by atoms with Gasteiger partial charge in [0, 0.05) is 27.5 Å². The third-order valence-corrected chi connectivity index (χ3v) is 3.57. The molecule has 3 aromatic rings. The third-order valence-electron chi connectivity index (χ3n) is 3.32. The highest BCUT2D eigenvalue weighted by molar-refractivity contribution is 6.30. The van der Waals surface area contributed by atoms with E-state index in [1.54, 1.807) is 0 Å². The number of anilines is 2. The Bertz CT molecular complexity index is 765. The summed E-state index contributed by atoms with van der Waals surface area (Å²) >= 11 is 5.86. The van der Waals surface area contributed by atoms with E-state index in [4.69, 9.17) is 11.6 Å². The molecule has 0 saturated heterocycles. The number of nitrogens with one attached hydrogen (secondary N) is 1. The van der Waals surface area contributed by atoms with E-state index in [2.05, 4.69) is 5.32 Å². The lowest BCUT2D eigenvalue weighted by Crippen LogP contribution is -2.01. The summed E-state index contributed by atoms with van der Waals surface area (Å²) in [4.78, 5) is 12.3. The van der Waals surface area contributed by atoms with Crippen LogP contribution in [0.2, 0.25) is 5.02 Å². The van der Waals surface area contributed by atoms with Crippen molar-refractivity contribution in [3.63, 3.8) is 0 Å². The van der Waals surface area contributed by atoms with Gasteiger partial charge in [0.05, 0.1) is 0 Å². The van der Waals surface area contributed by atoms with Crippen LogP contribution in [0.1, 0.15) is 15.9 Å². The Hall–Kier alpha value is -2.58. The van der Waals surface area contributed by atoms with Gasteiger partial charge in [0.15, 0.2) is 5.78 Å². The zero-order valence-electron chi connectivity index (χ0n) is 11.8. The summed E-state index contributed by atoms with van der Waals surface area (Å²) in [5, 5.41) is 3.97. The van der Waals surface area contributed by atoms with Gasteiger partial charge in [0.25, 0.3) is 0 Å². The molecule has 0 aromatic heterocycles. The van der Waals surface area contributed by atoms with Crippen LogP contribution in [-0.2, 0) is 0 Å². The van der Waals surface area contributed by atoms with Crippen molar-refractivity contribution in [2.45, 2.75) is 0 Å². The number of carbonyl (C=O) groups is 1. The van der Waals surface area contributed by atoms with E-state index in [0.717, 1.165) is 11.4 Å². The van der Waals surface area contributed by atoms with E-state index in [-0.39, 0.29) is 5.78 Å². The Labute approximate surface area is 134 Å². The van der Waals surface area contributed by atoms with Crippen LogP contribution in [0.4, 0.5) is 11.4 Å². The zero-order valence-corrected chi connectivity index (χ0v) is 12.5. The standard InChI is InChI=1S/C19H14ClNO/c20-16-8-12-18(13-9-16)21-17-10-6-15(7-11-17)19(22)14-4-2-1-3-5-14/h1-13,21H. The number of hydrogen-bond donors (Lipinski definition) is 1. The highest BCUT2D eigenvalue weighted by Crippen LogP contribution is 2.20. The molecule has 0 radical (unpaired) electrons. The maximum absolute atomic E-state index is 12.3. The maximum atomic E-state index is 12.3. The second-order valence-corrected chi connectivity index (χ2v) is 5.34.